The van der Waals surface area contributed by atoms with Gasteiger partial charge in [-0.05, 0) is 51.0 Å². The van der Waals surface area contributed by atoms with Gasteiger partial charge in [0.1, 0.15) is 0 Å². The van der Waals surface area contributed by atoms with Crippen molar-refractivity contribution in [3.05, 3.63) is 50.4 Å². The van der Waals surface area contributed by atoms with Crippen LogP contribution in [-0.4, -0.2) is 4.98 Å². The van der Waals surface area contributed by atoms with Gasteiger partial charge in [-0.15, -0.1) is 0 Å². The molecule has 0 saturated heterocycles. The van der Waals surface area contributed by atoms with Crippen LogP contribution < -0.4 is 11.3 Å². The van der Waals surface area contributed by atoms with Crippen molar-refractivity contribution in [1.29, 1.82) is 0 Å². The zero-order valence-corrected chi connectivity index (χ0v) is 11.2. The van der Waals surface area contributed by atoms with Gasteiger partial charge < -0.3 is 0 Å². The van der Waals surface area contributed by atoms with Gasteiger partial charge >= 0.3 is 0 Å². The van der Waals surface area contributed by atoms with E-state index in [-0.39, 0.29) is 6.04 Å². The number of thiophene rings is 1. The summed E-state index contributed by atoms with van der Waals surface area (Å²) in [6, 6.07) is 1.99. The number of hydrogen-bond donors (Lipinski definition) is 2. The summed E-state index contributed by atoms with van der Waals surface area (Å²) in [5.41, 5.74) is 6.28. The van der Waals surface area contributed by atoms with Crippen LogP contribution in [0.25, 0.3) is 0 Å². The molecule has 2 aromatic heterocycles. The zero-order chi connectivity index (χ0) is 11.5. The number of aryl methyl sites for hydroxylation is 1. The van der Waals surface area contributed by atoms with Gasteiger partial charge in [0.2, 0.25) is 0 Å². The number of aromatic nitrogens is 1. The van der Waals surface area contributed by atoms with Crippen LogP contribution in [0.3, 0.4) is 0 Å². The first kappa shape index (κ1) is 11.7. The number of nitrogens with one attached hydrogen (secondary N) is 1. The molecule has 0 spiro atoms. The van der Waals surface area contributed by atoms with E-state index in [2.05, 4.69) is 37.1 Å². The highest BCUT2D eigenvalue weighted by atomic mass is 79.9. The molecule has 0 aromatic carbocycles. The highest BCUT2D eigenvalue weighted by molar-refractivity contribution is 9.10. The lowest BCUT2D eigenvalue weighted by Gasteiger charge is -2.17. The molecule has 16 heavy (non-hydrogen) atoms. The molecule has 2 aromatic rings. The molecule has 3 nitrogen and oxygen atoms in total. The predicted molar refractivity (Wildman–Crippen MR) is 70.2 cm³/mol. The normalized spacial score (nSPS) is 12.7. The quantitative estimate of drug-likeness (QED) is 0.677. The molecule has 0 aliphatic rings. The number of nitrogens with zero attached hydrogens (tertiary/aromatic N) is 1. The maximum atomic E-state index is 5.65. The molecule has 84 valence electrons. The van der Waals surface area contributed by atoms with Gasteiger partial charge in [0.05, 0.1) is 6.04 Å². The third kappa shape index (κ3) is 2.17. The van der Waals surface area contributed by atoms with Crippen molar-refractivity contribution in [3.8, 4) is 0 Å². The van der Waals surface area contributed by atoms with Crippen molar-refractivity contribution in [3.63, 3.8) is 0 Å². The Hall–Kier alpha value is -0.750. The Morgan fingerprint density at radius 3 is 2.81 bits per heavy atom. The van der Waals surface area contributed by atoms with Crippen LogP contribution >= 0.6 is 27.3 Å². The smallest absolute Gasteiger partial charge is 0.0732 e. The summed E-state index contributed by atoms with van der Waals surface area (Å²) in [6.45, 7) is 2.03. The summed E-state index contributed by atoms with van der Waals surface area (Å²) in [4.78, 5) is 4.09. The number of hydrazine groups is 1. The lowest BCUT2D eigenvalue weighted by molar-refractivity contribution is 0.632. The average molecular weight is 298 g/mol. The largest absolute Gasteiger partial charge is 0.271 e. The number of halogens is 1. The Kier molecular flexibility index (Phi) is 3.70. The molecule has 3 N–H and O–H groups in total. The van der Waals surface area contributed by atoms with Gasteiger partial charge in [-0.25, -0.2) is 5.43 Å². The van der Waals surface area contributed by atoms with E-state index in [0.29, 0.717) is 0 Å². The van der Waals surface area contributed by atoms with E-state index in [9.17, 15) is 0 Å². The second kappa shape index (κ2) is 5.05. The fraction of sp³-hybridized carbons (Fsp3) is 0.182. The van der Waals surface area contributed by atoms with E-state index in [1.807, 2.05) is 19.2 Å². The molecule has 0 saturated carbocycles. The van der Waals surface area contributed by atoms with Gasteiger partial charge in [-0.2, -0.15) is 11.3 Å². The molecule has 0 amide bonds. The van der Waals surface area contributed by atoms with Crippen molar-refractivity contribution in [1.82, 2.24) is 10.4 Å². The fourth-order valence-electron chi connectivity index (χ4n) is 1.65. The number of rotatable bonds is 3. The maximum Gasteiger partial charge on any atom is 0.0732 e. The third-order valence-corrected chi connectivity index (χ3v) is 4.25. The zero-order valence-electron chi connectivity index (χ0n) is 8.77. The molecule has 0 bridgehead atoms. The molecular formula is C11H12BrN3S. The van der Waals surface area contributed by atoms with Crippen LogP contribution in [0.15, 0.2) is 33.7 Å². The first-order valence-electron chi connectivity index (χ1n) is 4.82. The molecular weight excluding hydrogens is 286 g/mol. The minimum atomic E-state index is 0.00336. The van der Waals surface area contributed by atoms with Crippen LogP contribution in [0.4, 0.5) is 0 Å². The summed E-state index contributed by atoms with van der Waals surface area (Å²) >= 11 is 5.18. The summed E-state index contributed by atoms with van der Waals surface area (Å²) in [5, 5.41) is 4.14. The van der Waals surface area contributed by atoms with Crippen molar-refractivity contribution in [2.75, 3.05) is 0 Å². The van der Waals surface area contributed by atoms with Gasteiger partial charge in [0.15, 0.2) is 0 Å². The number of hydrogen-bond acceptors (Lipinski definition) is 4. The van der Waals surface area contributed by atoms with Crippen molar-refractivity contribution in [2.24, 2.45) is 5.84 Å². The maximum absolute atomic E-state index is 5.65. The summed E-state index contributed by atoms with van der Waals surface area (Å²) in [5.74, 6) is 5.65. The minimum absolute atomic E-state index is 0.00336. The molecule has 1 unspecified atom stereocenters. The van der Waals surface area contributed by atoms with Crippen LogP contribution in [0.1, 0.15) is 22.7 Å². The Morgan fingerprint density at radius 1 is 1.44 bits per heavy atom. The molecule has 2 heterocycles. The fourth-order valence-corrected chi connectivity index (χ4v) is 3.20. The lowest BCUT2D eigenvalue weighted by atomic mass is 9.99. The van der Waals surface area contributed by atoms with Gasteiger partial charge in [-0.3, -0.25) is 10.8 Å². The first-order valence-corrected chi connectivity index (χ1v) is 6.56. The molecule has 0 aliphatic carbocycles. The second-order valence-corrected chi connectivity index (χ2v) is 5.10. The Morgan fingerprint density at radius 2 is 2.25 bits per heavy atom. The minimum Gasteiger partial charge on any atom is -0.271 e. The molecule has 5 heteroatoms. The monoisotopic (exact) mass is 297 g/mol. The molecule has 1 atom stereocenters. The highest BCUT2D eigenvalue weighted by Gasteiger charge is 2.17. The molecule has 0 fully saturated rings. The number of pyridine rings is 1. The SMILES string of the molecule is Cc1cnccc1C(NN)c1cscc1Br. The third-order valence-electron chi connectivity index (χ3n) is 2.49. The Labute approximate surface area is 107 Å². The van der Waals surface area contributed by atoms with E-state index >= 15 is 0 Å². The van der Waals surface area contributed by atoms with E-state index in [0.717, 1.165) is 21.2 Å². The first-order chi connectivity index (χ1) is 7.74. The second-order valence-electron chi connectivity index (χ2n) is 3.51. The predicted octanol–water partition coefficient (Wildman–Crippen LogP) is 2.77. The van der Waals surface area contributed by atoms with Crippen LogP contribution in [-0.2, 0) is 0 Å². The van der Waals surface area contributed by atoms with Crippen molar-refractivity contribution in [2.45, 2.75) is 13.0 Å². The topological polar surface area (TPSA) is 50.9 Å². The Bertz CT molecular complexity index is 484. The van der Waals surface area contributed by atoms with Crippen molar-refractivity contribution >= 4 is 27.3 Å². The molecule has 0 radical (unpaired) electrons. The summed E-state index contributed by atoms with van der Waals surface area (Å²) in [6.07, 6.45) is 3.63. The van der Waals surface area contributed by atoms with Crippen LogP contribution in [0, 0.1) is 6.92 Å². The number of nitrogens with two attached hydrogens (primary N) is 1. The van der Waals surface area contributed by atoms with Crippen LogP contribution in [0.5, 0.6) is 0 Å². The van der Waals surface area contributed by atoms with Crippen molar-refractivity contribution < 1.29 is 0 Å². The van der Waals surface area contributed by atoms with Gasteiger partial charge in [0.25, 0.3) is 0 Å². The van der Waals surface area contributed by atoms with E-state index < -0.39 is 0 Å². The Balaban J connectivity index is 2.45. The summed E-state index contributed by atoms with van der Waals surface area (Å²) in [7, 11) is 0. The van der Waals surface area contributed by atoms with E-state index in [4.69, 9.17) is 5.84 Å². The lowest BCUT2D eigenvalue weighted by Crippen LogP contribution is -2.29. The van der Waals surface area contributed by atoms with E-state index in [1.165, 1.54) is 0 Å². The standard InChI is InChI=1S/C11H12BrN3S/c1-7-4-14-3-2-8(7)11(15-13)9-5-16-6-10(9)12/h2-6,11,15H,13H2,1H3. The van der Waals surface area contributed by atoms with Crippen LogP contribution in [0.2, 0.25) is 0 Å². The average Bonchev–Trinajstić information content (AvgIpc) is 2.69. The molecule has 2 rings (SSSR count). The highest BCUT2D eigenvalue weighted by Crippen LogP contribution is 2.31. The molecule has 0 aliphatic heterocycles. The van der Waals surface area contributed by atoms with Gasteiger partial charge in [-0.1, -0.05) is 0 Å². The van der Waals surface area contributed by atoms with Gasteiger partial charge in [0, 0.05) is 22.2 Å². The summed E-state index contributed by atoms with van der Waals surface area (Å²) < 4.78 is 1.08. The van der Waals surface area contributed by atoms with E-state index in [1.54, 1.807) is 17.5 Å².